The first-order valence-corrected chi connectivity index (χ1v) is 10.6. The Bertz CT molecular complexity index is 999. The van der Waals surface area contributed by atoms with E-state index in [0.717, 1.165) is 31.5 Å². The molecule has 3 N–H and O–H groups in total. The Hall–Kier alpha value is -3.68. The van der Waals surface area contributed by atoms with Gasteiger partial charge >= 0.3 is 0 Å². The summed E-state index contributed by atoms with van der Waals surface area (Å²) < 4.78 is 0. The zero-order valence-electron chi connectivity index (χ0n) is 17.3. The molecule has 1 aromatic heterocycles. The van der Waals surface area contributed by atoms with Crippen LogP contribution in [0.3, 0.4) is 0 Å². The highest BCUT2D eigenvalue weighted by Crippen LogP contribution is 2.20. The number of amides is 2. The first-order valence-electron chi connectivity index (χ1n) is 10.6. The fourth-order valence-electron chi connectivity index (χ4n) is 3.68. The van der Waals surface area contributed by atoms with E-state index in [4.69, 9.17) is 0 Å². The number of anilines is 2. The van der Waals surface area contributed by atoms with Crippen LogP contribution in [0.4, 0.5) is 11.9 Å². The van der Waals surface area contributed by atoms with Gasteiger partial charge in [-0.3, -0.25) is 14.9 Å². The Morgan fingerprint density at radius 1 is 0.968 bits per heavy atom. The predicted octanol–water partition coefficient (Wildman–Crippen LogP) is 3.29. The molecule has 1 aliphatic heterocycles. The number of nitrogens with one attached hydrogen (secondary N) is 3. The number of carbonyl (C=O) groups excluding carboxylic acids is 2. The van der Waals surface area contributed by atoms with E-state index in [1.807, 2.05) is 48.5 Å². The van der Waals surface area contributed by atoms with Crippen LogP contribution in [0.5, 0.6) is 0 Å². The van der Waals surface area contributed by atoms with E-state index in [-0.39, 0.29) is 18.2 Å². The van der Waals surface area contributed by atoms with Crippen molar-refractivity contribution in [2.24, 2.45) is 0 Å². The van der Waals surface area contributed by atoms with Gasteiger partial charge in [0, 0.05) is 18.7 Å². The predicted molar refractivity (Wildman–Crippen MR) is 119 cm³/mol. The molecule has 0 saturated carbocycles. The van der Waals surface area contributed by atoms with Crippen LogP contribution in [-0.2, 0) is 4.79 Å². The molecule has 4 rings (SSSR count). The summed E-state index contributed by atoms with van der Waals surface area (Å²) in [6.07, 6.45) is 3.54. The van der Waals surface area contributed by atoms with Crippen LogP contribution >= 0.6 is 0 Å². The van der Waals surface area contributed by atoms with Gasteiger partial charge in [0.2, 0.25) is 17.8 Å². The maximum absolute atomic E-state index is 12.7. The number of H-pyrrole nitrogens is 1. The smallest absolute Gasteiger partial charge is 0.251 e. The highest BCUT2D eigenvalue weighted by molar-refractivity contribution is 5.95. The van der Waals surface area contributed by atoms with Gasteiger partial charge in [-0.15, -0.1) is 5.10 Å². The van der Waals surface area contributed by atoms with Crippen LogP contribution in [0.25, 0.3) is 0 Å². The molecule has 1 atom stereocenters. The lowest BCUT2D eigenvalue weighted by Gasteiger charge is -2.24. The third-order valence-electron chi connectivity index (χ3n) is 5.30. The van der Waals surface area contributed by atoms with Crippen molar-refractivity contribution in [3.8, 4) is 0 Å². The lowest BCUT2D eigenvalue weighted by atomic mass is 10.0. The number of rotatable bonds is 7. The van der Waals surface area contributed by atoms with Crippen LogP contribution in [0, 0.1) is 0 Å². The molecule has 8 nitrogen and oxygen atoms in total. The fraction of sp³-hybridized carbons (Fsp3) is 0.304. The van der Waals surface area contributed by atoms with E-state index >= 15 is 0 Å². The first-order chi connectivity index (χ1) is 15.2. The number of benzene rings is 2. The van der Waals surface area contributed by atoms with Crippen molar-refractivity contribution >= 4 is 23.7 Å². The molecule has 0 aliphatic carbocycles. The Kier molecular flexibility index (Phi) is 6.56. The highest BCUT2D eigenvalue weighted by Gasteiger charge is 2.21. The standard InChI is InChI=1S/C23H26N6O2/c30-20(25-22-26-23(28-27-22)29-14-8-3-9-15-29)16-19(17-10-4-1-5-11-17)24-21(31)18-12-6-2-7-13-18/h1-2,4-7,10-13,19H,3,8-9,14-16H2,(H,24,31)(H2,25,26,27,28,30). The maximum Gasteiger partial charge on any atom is 0.251 e. The third-order valence-corrected chi connectivity index (χ3v) is 5.30. The van der Waals surface area contributed by atoms with E-state index in [9.17, 15) is 9.59 Å². The summed E-state index contributed by atoms with van der Waals surface area (Å²) >= 11 is 0. The minimum Gasteiger partial charge on any atom is -0.345 e. The van der Waals surface area contributed by atoms with E-state index in [1.165, 1.54) is 6.42 Å². The molecular formula is C23H26N6O2. The average molecular weight is 419 g/mol. The average Bonchev–Trinajstić information content (AvgIpc) is 3.28. The van der Waals surface area contributed by atoms with E-state index in [1.54, 1.807) is 12.1 Å². The molecule has 1 aliphatic rings. The number of aromatic nitrogens is 3. The first kappa shape index (κ1) is 20.6. The second kappa shape index (κ2) is 9.88. The van der Waals surface area contributed by atoms with Crippen LogP contribution in [0.15, 0.2) is 60.7 Å². The van der Waals surface area contributed by atoms with Crippen molar-refractivity contribution in [3.63, 3.8) is 0 Å². The summed E-state index contributed by atoms with van der Waals surface area (Å²) in [6.45, 7) is 1.85. The van der Waals surface area contributed by atoms with E-state index < -0.39 is 6.04 Å². The quantitative estimate of drug-likeness (QED) is 0.546. The molecule has 8 heteroatoms. The fourth-order valence-corrected chi connectivity index (χ4v) is 3.68. The molecule has 0 bridgehead atoms. The molecule has 0 radical (unpaired) electrons. The van der Waals surface area contributed by atoms with E-state index in [0.29, 0.717) is 17.5 Å². The number of hydrogen-bond donors (Lipinski definition) is 3. The maximum atomic E-state index is 12.7. The molecule has 2 aromatic carbocycles. The molecule has 160 valence electrons. The van der Waals surface area contributed by atoms with Crippen LogP contribution < -0.4 is 15.5 Å². The normalized spacial score (nSPS) is 14.6. The SMILES string of the molecule is O=C(CC(NC(=O)c1ccccc1)c1ccccc1)Nc1nc(N2CCCCC2)n[nH]1. The molecule has 1 unspecified atom stereocenters. The van der Waals surface area contributed by atoms with Crippen molar-refractivity contribution in [3.05, 3.63) is 71.8 Å². The number of aromatic amines is 1. The summed E-state index contributed by atoms with van der Waals surface area (Å²) in [6, 6.07) is 17.9. The minimum atomic E-state index is -0.474. The van der Waals surface area contributed by atoms with Crippen LogP contribution in [0.2, 0.25) is 0 Å². The molecular weight excluding hydrogens is 392 g/mol. The lowest BCUT2D eigenvalue weighted by Crippen LogP contribution is -2.31. The molecule has 3 aromatic rings. The zero-order valence-corrected chi connectivity index (χ0v) is 17.3. The van der Waals surface area contributed by atoms with Gasteiger partial charge in [0.05, 0.1) is 12.5 Å². The molecule has 0 spiro atoms. The molecule has 31 heavy (non-hydrogen) atoms. The number of hydrogen-bond acceptors (Lipinski definition) is 5. The monoisotopic (exact) mass is 418 g/mol. The minimum absolute atomic E-state index is 0.0718. The van der Waals surface area contributed by atoms with Gasteiger partial charge in [-0.1, -0.05) is 48.5 Å². The van der Waals surface area contributed by atoms with Crippen LogP contribution in [-0.4, -0.2) is 40.1 Å². The third kappa shape index (κ3) is 5.48. The Labute approximate surface area is 181 Å². The zero-order chi connectivity index (χ0) is 21.5. The Balaban J connectivity index is 1.42. The Morgan fingerprint density at radius 3 is 2.35 bits per heavy atom. The van der Waals surface area contributed by atoms with Gasteiger partial charge in [0.25, 0.3) is 5.91 Å². The summed E-state index contributed by atoms with van der Waals surface area (Å²) in [5.41, 5.74) is 1.40. The summed E-state index contributed by atoms with van der Waals surface area (Å²) in [7, 11) is 0. The Morgan fingerprint density at radius 2 is 1.65 bits per heavy atom. The molecule has 2 heterocycles. The van der Waals surface area contributed by atoms with Crippen molar-refractivity contribution in [2.75, 3.05) is 23.3 Å². The number of piperidine rings is 1. The van der Waals surface area contributed by atoms with Crippen LogP contribution in [0.1, 0.15) is 47.6 Å². The van der Waals surface area contributed by atoms with Crippen molar-refractivity contribution in [2.45, 2.75) is 31.7 Å². The van der Waals surface area contributed by atoms with Gasteiger partial charge in [-0.2, -0.15) is 4.98 Å². The van der Waals surface area contributed by atoms with Gasteiger partial charge in [0.15, 0.2) is 0 Å². The van der Waals surface area contributed by atoms with Crippen molar-refractivity contribution in [1.29, 1.82) is 0 Å². The van der Waals surface area contributed by atoms with Gasteiger partial charge in [0.1, 0.15) is 0 Å². The van der Waals surface area contributed by atoms with Crippen molar-refractivity contribution < 1.29 is 9.59 Å². The highest BCUT2D eigenvalue weighted by atomic mass is 16.2. The second-order valence-electron chi connectivity index (χ2n) is 7.59. The molecule has 1 saturated heterocycles. The van der Waals surface area contributed by atoms with Gasteiger partial charge < -0.3 is 10.2 Å². The lowest BCUT2D eigenvalue weighted by molar-refractivity contribution is -0.116. The molecule has 1 fully saturated rings. The topological polar surface area (TPSA) is 103 Å². The number of nitrogens with zero attached hydrogens (tertiary/aromatic N) is 3. The second-order valence-corrected chi connectivity index (χ2v) is 7.59. The largest absolute Gasteiger partial charge is 0.345 e. The van der Waals surface area contributed by atoms with Gasteiger partial charge in [-0.25, -0.2) is 5.10 Å². The summed E-state index contributed by atoms with van der Waals surface area (Å²) in [5.74, 6) is 0.427. The molecule has 2 amide bonds. The summed E-state index contributed by atoms with van der Waals surface area (Å²) in [4.78, 5) is 31.9. The summed E-state index contributed by atoms with van der Waals surface area (Å²) in [5, 5.41) is 12.8. The van der Waals surface area contributed by atoms with Crippen molar-refractivity contribution in [1.82, 2.24) is 20.5 Å². The number of carbonyl (C=O) groups is 2. The van der Waals surface area contributed by atoms with E-state index in [2.05, 4.69) is 30.7 Å². The van der Waals surface area contributed by atoms with Gasteiger partial charge in [-0.05, 0) is 37.0 Å².